The van der Waals surface area contributed by atoms with Gasteiger partial charge in [-0.1, -0.05) is 0 Å². The zero-order valence-corrected chi connectivity index (χ0v) is 13.7. The second-order valence-electron chi connectivity index (χ2n) is 5.68. The molecule has 2 aromatic rings. The Kier molecular flexibility index (Phi) is 4.46. The average Bonchev–Trinajstić information content (AvgIpc) is 2.68. The maximum Gasteiger partial charge on any atom is 0.306 e. The Hall–Kier alpha value is -1.70. The molecule has 8 heteroatoms. The molecular weight excluding hydrogens is 340 g/mol. The first-order chi connectivity index (χ1) is 9.74. The number of rotatable bonds is 4. The Balaban J connectivity index is 1.98. The van der Waals surface area contributed by atoms with E-state index in [0.29, 0.717) is 35.5 Å². The van der Waals surface area contributed by atoms with Gasteiger partial charge in [-0.2, -0.15) is 9.50 Å². The minimum atomic E-state index is -0.478. The number of halogens is 1. The quantitative estimate of drug-likeness (QED) is 0.844. The number of carbonyl (C=O) groups excluding carboxylic acids is 1. The number of nitrogens with one attached hydrogen (secondary N) is 1. The number of hydrogen-bond donors (Lipinski definition) is 1. The molecule has 0 aliphatic carbocycles. The highest BCUT2D eigenvalue weighted by atomic mass is 79.9. The van der Waals surface area contributed by atoms with Gasteiger partial charge in [0.2, 0.25) is 0 Å². The molecule has 0 fully saturated rings. The number of aromatic nitrogens is 4. The zero-order chi connectivity index (χ0) is 15.6. The van der Waals surface area contributed by atoms with E-state index in [-0.39, 0.29) is 11.5 Å². The van der Waals surface area contributed by atoms with Gasteiger partial charge in [-0.3, -0.25) is 14.7 Å². The Labute approximate surface area is 129 Å². The van der Waals surface area contributed by atoms with Crippen LogP contribution in [0.1, 0.15) is 39.3 Å². The van der Waals surface area contributed by atoms with Crippen molar-refractivity contribution >= 4 is 27.7 Å². The SMILES string of the molecule is CC(C)(C)OC(=O)CCCc1cc(=O)n2[nH]c(Br)nc2n1. The summed E-state index contributed by atoms with van der Waals surface area (Å²) in [6.45, 7) is 5.49. The van der Waals surface area contributed by atoms with Crippen molar-refractivity contribution < 1.29 is 9.53 Å². The number of H-pyrrole nitrogens is 1. The number of carbonyl (C=O) groups is 1. The lowest BCUT2D eigenvalue weighted by atomic mass is 10.1. The van der Waals surface area contributed by atoms with Gasteiger partial charge in [0.05, 0.1) is 5.69 Å². The van der Waals surface area contributed by atoms with Crippen molar-refractivity contribution in [1.29, 1.82) is 0 Å². The number of ether oxygens (including phenoxy) is 1. The lowest BCUT2D eigenvalue weighted by molar-refractivity contribution is -0.154. The molecule has 0 spiro atoms. The maximum absolute atomic E-state index is 11.8. The third-order valence-corrected chi connectivity index (χ3v) is 2.94. The number of nitrogens with zero attached hydrogens (tertiary/aromatic N) is 3. The molecule has 0 atom stereocenters. The lowest BCUT2D eigenvalue weighted by Gasteiger charge is -2.19. The number of esters is 1. The van der Waals surface area contributed by atoms with Gasteiger partial charge in [0, 0.05) is 12.5 Å². The average molecular weight is 357 g/mol. The molecule has 1 N–H and O–H groups in total. The number of fused-ring (bicyclic) bond motifs is 1. The molecular formula is C13H17BrN4O3. The first-order valence-electron chi connectivity index (χ1n) is 6.61. The third kappa shape index (κ3) is 4.38. The molecule has 0 saturated heterocycles. The first-order valence-corrected chi connectivity index (χ1v) is 7.40. The van der Waals surface area contributed by atoms with E-state index in [1.807, 2.05) is 20.8 Å². The summed E-state index contributed by atoms with van der Waals surface area (Å²) in [6.07, 6.45) is 1.39. The molecule has 21 heavy (non-hydrogen) atoms. The summed E-state index contributed by atoms with van der Waals surface area (Å²) in [5.41, 5.74) is -0.0954. The molecule has 0 bridgehead atoms. The van der Waals surface area contributed by atoms with Gasteiger partial charge in [-0.05, 0) is 49.5 Å². The molecule has 0 unspecified atom stereocenters. The number of aromatic amines is 1. The third-order valence-electron chi connectivity index (χ3n) is 2.59. The van der Waals surface area contributed by atoms with Crippen molar-refractivity contribution in [3.63, 3.8) is 0 Å². The van der Waals surface area contributed by atoms with Gasteiger partial charge < -0.3 is 4.74 Å². The van der Waals surface area contributed by atoms with Crippen molar-refractivity contribution in [1.82, 2.24) is 19.6 Å². The molecule has 7 nitrogen and oxygen atoms in total. The molecule has 2 aromatic heterocycles. The summed E-state index contributed by atoms with van der Waals surface area (Å²) in [5, 5.41) is 2.73. The van der Waals surface area contributed by atoms with Gasteiger partial charge in [-0.15, -0.1) is 0 Å². The number of hydrogen-bond acceptors (Lipinski definition) is 5. The molecule has 0 aliphatic rings. The van der Waals surface area contributed by atoms with Gasteiger partial charge in [0.15, 0.2) is 4.73 Å². The lowest BCUT2D eigenvalue weighted by Crippen LogP contribution is -2.23. The maximum atomic E-state index is 11.8. The Bertz CT molecular complexity index is 714. The van der Waals surface area contributed by atoms with Gasteiger partial charge in [0.25, 0.3) is 11.3 Å². The Morgan fingerprint density at radius 2 is 2.14 bits per heavy atom. The van der Waals surface area contributed by atoms with Crippen molar-refractivity contribution in [2.24, 2.45) is 0 Å². The number of aryl methyl sites for hydroxylation is 1. The smallest absolute Gasteiger partial charge is 0.306 e. The van der Waals surface area contributed by atoms with Crippen LogP contribution in [0.25, 0.3) is 5.78 Å². The Morgan fingerprint density at radius 3 is 2.81 bits per heavy atom. The van der Waals surface area contributed by atoms with E-state index in [0.717, 1.165) is 0 Å². The predicted molar refractivity (Wildman–Crippen MR) is 80.1 cm³/mol. The molecule has 0 saturated carbocycles. The van der Waals surface area contributed by atoms with E-state index >= 15 is 0 Å². The summed E-state index contributed by atoms with van der Waals surface area (Å²) < 4.78 is 6.92. The second kappa shape index (κ2) is 5.97. The van der Waals surface area contributed by atoms with Crippen LogP contribution in [0.5, 0.6) is 0 Å². The van der Waals surface area contributed by atoms with Crippen LogP contribution in [0.15, 0.2) is 15.6 Å². The van der Waals surface area contributed by atoms with E-state index in [4.69, 9.17) is 4.74 Å². The van der Waals surface area contributed by atoms with Gasteiger partial charge in [0.1, 0.15) is 5.60 Å². The van der Waals surface area contributed by atoms with Gasteiger partial charge in [-0.25, -0.2) is 4.98 Å². The van der Waals surface area contributed by atoms with E-state index < -0.39 is 5.60 Å². The summed E-state index contributed by atoms with van der Waals surface area (Å²) in [5.74, 6) is 0.0597. The van der Waals surface area contributed by atoms with Crippen molar-refractivity contribution in [3.05, 3.63) is 26.8 Å². The van der Waals surface area contributed by atoms with E-state index in [1.54, 1.807) is 0 Å². The second-order valence-corrected chi connectivity index (χ2v) is 6.43. The van der Waals surface area contributed by atoms with Crippen molar-refractivity contribution in [3.8, 4) is 0 Å². The van der Waals surface area contributed by atoms with Crippen molar-refractivity contribution in [2.45, 2.75) is 45.6 Å². The highest BCUT2D eigenvalue weighted by Gasteiger charge is 2.16. The summed E-state index contributed by atoms with van der Waals surface area (Å²) >= 11 is 3.16. The van der Waals surface area contributed by atoms with Crippen LogP contribution in [0.3, 0.4) is 0 Å². The monoisotopic (exact) mass is 356 g/mol. The van der Waals surface area contributed by atoms with Crippen molar-refractivity contribution in [2.75, 3.05) is 0 Å². The van der Waals surface area contributed by atoms with Crippen LogP contribution in [0.4, 0.5) is 0 Å². The molecule has 0 amide bonds. The highest BCUT2D eigenvalue weighted by Crippen LogP contribution is 2.10. The minimum Gasteiger partial charge on any atom is -0.460 e. The molecule has 114 valence electrons. The fourth-order valence-electron chi connectivity index (χ4n) is 1.84. The van der Waals surface area contributed by atoms with E-state index in [9.17, 15) is 9.59 Å². The summed E-state index contributed by atoms with van der Waals surface area (Å²) in [7, 11) is 0. The summed E-state index contributed by atoms with van der Waals surface area (Å²) in [6, 6.07) is 1.44. The normalized spacial score (nSPS) is 11.8. The van der Waals surface area contributed by atoms with Crippen LogP contribution in [-0.4, -0.2) is 31.2 Å². The molecule has 0 aliphatic heterocycles. The zero-order valence-electron chi connectivity index (χ0n) is 12.1. The molecule has 0 radical (unpaired) electrons. The fraction of sp³-hybridized carbons (Fsp3) is 0.538. The van der Waals surface area contributed by atoms with Crippen LogP contribution in [0, 0.1) is 0 Å². The van der Waals surface area contributed by atoms with Crippen LogP contribution >= 0.6 is 15.9 Å². The topological polar surface area (TPSA) is 89.4 Å². The minimum absolute atomic E-state index is 0.231. The van der Waals surface area contributed by atoms with Gasteiger partial charge >= 0.3 is 5.97 Å². The predicted octanol–water partition coefficient (Wildman–Crippen LogP) is 1.84. The highest BCUT2D eigenvalue weighted by molar-refractivity contribution is 9.10. The molecule has 2 rings (SSSR count). The van der Waals surface area contributed by atoms with Crippen LogP contribution in [-0.2, 0) is 16.0 Å². The fourth-order valence-corrected chi connectivity index (χ4v) is 2.17. The largest absolute Gasteiger partial charge is 0.460 e. The first kappa shape index (κ1) is 15.7. The standard InChI is InChI=1S/C13H17BrN4O3/c1-13(2,3)21-10(20)6-4-5-8-7-9(19)18-12(15-8)16-11(14)17-18/h7H,4-6H2,1-3H3,(H,15,16,17). The molecule has 2 heterocycles. The summed E-state index contributed by atoms with van der Waals surface area (Å²) in [4.78, 5) is 31.8. The molecule has 0 aromatic carbocycles. The van der Waals surface area contributed by atoms with Crippen LogP contribution in [0.2, 0.25) is 0 Å². The van der Waals surface area contributed by atoms with E-state index in [1.165, 1.54) is 10.6 Å². The van der Waals surface area contributed by atoms with Crippen LogP contribution < -0.4 is 5.56 Å². The van der Waals surface area contributed by atoms with E-state index in [2.05, 4.69) is 31.0 Å². The Morgan fingerprint density at radius 1 is 1.43 bits per heavy atom.